The molecule has 0 radical (unpaired) electrons. The Morgan fingerprint density at radius 3 is 2.79 bits per heavy atom. The molecule has 2 fully saturated rings. The third-order valence-electron chi connectivity index (χ3n) is 4.33. The zero-order valence-electron chi connectivity index (χ0n) is 11.8. The number of rotatable bonds is 5. The lowest BCUT2D eigenvalue weighted by Crippen LogP contribution is -2.41. The highest BCUT2D eigenvalue weighted by atomic mass is 35.5. The van der Waals surface area contributed by atoms with Crippen LogP contribution in [0, 0.1) is 11.8 Å². The average molecular weight is 291 g/mol. The molecular formula is C14H27ClN2O2. The second-order valence-electron chi connectivity index (χ2n) is 5.81. The molecule has 1 saturated heterocycles. The van der Waals surface area contributed by atoms with Crippen molar-refractivity contribution in [3.63, 3.8) is 0 Å². The lowest BCUT2D eigenvalue weighted by molar-refractivity contribution is -0.126. The third-order valence-corrected chi connectivity index (χ3v) is 4.33. The Bertz CT molecular complexity index is 283. The van der Waals surface area contributed by atoms with Gasteiger partial charge in [-0.25, -0.2) is 0 Å². The summed E-state index contributed by atoms with van der Waals surface area (Å²) in [5, 5.41) is 3.14. The second-order valence-corrected chi connectivity index (χ2v) is 5.81. The van der Waals surface area contributed by atoms with Gasteiger partial charge in [-0.15, -0.1) is 12.4 Å². The molecule has 4 nitrogen and oxygen atoms in total. The highest BCUT2D eigenvalue weighted by molar-refractivity contribution is 5.85. The van der Waals surface area contributed by atoms with Gasteiger partial charge in [-0.2, -0.15) is 0 Å². The minimum absolute atomic E-state index is 0. The van der Waals surface area contributed by atoms with Crippen LogP contribution >= 0.6 is 12.4 Å². The van der Waals surface area contributed by atoms with Crippen LogP contribution in [0.2, 0.25) is 0 Å². The van der Waals surface area contributed by atoms with Crippen molar-refractivity contribution >= 4 is 18.3 Å². The maximum Gasteiger partial charge on any atom is 0.223 e. The summed E-state index contributed by atoms with van der Waals surface area (Å²) in [5.74, 6) is 0.732. The van der Waals surface area contributed by atoms with E-state index in [4.69, 9.17) is 10.5 Å². The first-order chi connectivity index (χ1) is 8.70. The minimum atomic E-state index is 0. The minimum Gasteiger partial charge on any atom is -0.378 e. The van der Waals surface area contributed by atoms with Gasteiger partial charge in [-0.05, 0) is 51.5 Å². The Balaban J connectivity index is 0.00000180. The third kappa shape index (κ3) is 4.62. The number of nitrogens with one attached hydrogen (secondary N) is 1. The van der Waals surface area contributed by atoms with Crippen LogP contribution in [0.15, 0.2) is 0 Å². The second kappa shape index (κ2) is 8.08. The Labute approximate surface area is 122 Å². The monoisotopic (exact) mass is 290 g/mol. The molecule has 1 amide bonds. The summed E-state index contributed by atoms with van der Waals surface area (Å²) in [5.41, 5.74) is 5.72. The fraction of sp³-hybridized carbons (Fsp3) is 0.929. The summed E-state index contributed by atoms with van der Waals surface area (Å²) in [7, 11) is 0. The lowest BCUT2D eigenvalue weighted by atomic mass is 9.95. The van der Waals surface area contributed by atoms with Crippen molar-refractivity contribution in [2.45, 2.75) is 57.6 Å². The van der Waals surface area contributed by atoms with Gasteiger partial charge in [0.1, 0.15) is 0 Å². The van der Waals surface area contributed by atoms with Crippen molar-refractivity contribution < 1.29 is 9.53 Å². The van der Waals surface area contributed by atoms with E-state index >= 15 is 0 Å². The van der Waals surface area contributed by atoms with Crippen LogP contribution in [0.1, 0.15) is 45.4 Å². The Morgan fingerprint density at radius 2 is 2.16 bits per heavy atom. The number of halogens is 1. The highest BCUT2D eigenvalue weighted by Crippen LogP contribution is 2.31. The smallest absolute Gasteiger partial charge is 0.223 e. The van der Waals surface area contributed by atoms with Crippen LogP contribution < -0.4 is 11.1 Å². The molecule has 2 rings (SSSR count). The normalized spacial score (nSPS) is 31.8. The summed E-state index contributed by atoms with van der Waals surface area (Å²) in [6, 6.07) is 0.208. The van der Waals surface area contributed by atoms with Crippen molar-refractivity contribution in [2.75, 3.05) is 13.2 Å². The van der Waals surface area contributed by atoms with Gasteiger partial charge < -0.3 is 15.8 Å². The molecule has 0 spiro atoms. The Kier molecular flexibility index (Phi) is 7.11. The Morgan fingerprint density at radius 1 is 1.37 bits per heavy atom. The summed E-state index contributed by atoms with van der Waals surface area (Å²) < 4.78 is 5.60. The molecule has 0 aromatic heterocycles. The molecule has 5 heteroatoms. The van der Waals surface area contributed by atoms with Gasteiger partial charge in [0.2, 0.25) is 5.91 Å². The summed E-state index contributed by atoms with van der Waals surface area (Å²) in [6.45, 7) is 3.59. The summed E-state index contributed by atoms with van der Waals surface area (Å²) in [6.07, 6.45) is 6.81. The van der Waals surface area contributed by atoms with E-state index in [1.165, 1.54) is 0 Å². The Hall–Kier alpha value is -0.320. The molecular weight excluding hydrogens is 264 g/mol. The molecule has 1 saturated carbocycles. The van der Waals surface area contributed by atoms with Crippen LogP contribution in [0.4, 0.5) is 0 Å². The first-order valence-corrected chi connectivity index (χ1v) is 7.32. The number of carbonyl (C=O) groups is 1. The maximum absolute atomic E-state index is 12.2. The number of ether oxygens (including phenoxy) is 1. The fourth-order valence-corrected chi connectivity index (χ4v) is 3.30. The molecule has 4 atom stereocenters. The van der Waals surface area contributed by atoms with Crippen LogP contribution in [-0.2, 0) is 9.53 Å². The van der Waals surface area contributed by atoms with Gasteiger partial charge in [-0.3, -0.25) is 4.79 Å². The quantitative estimate of drug-likeness (QED) is 0.812. The fourth-order valence-electron chi connectivity index (χ4n) is 3.30. The van der Waals surface area contributed by atoms with Gasteiger partial charge in [0.25, 0.3) is 0 Å². The van der Waals surface area contributed by atoms with Crippen LogP contribution in [0.3, 0.4) is 0 Å². The standard InChI is InChI=1S/C14H26N2O2.ClH/c1-10(8-12-5-3-7-18-12)16-14(17)13-6-2-4-11(13)9-15;/h10-13H,2-9,15H2,1H3,(H,16,17);1H/t10?,11-,12?,13-;/m1./s1. The number of nitrogens with two attached hydrogens (primary N) is 1. The summed E-state index contributed by atoms with van der Waals surface area (Å²) >= 11 is 0. The number of carbonyl (C=O) groups excluding carboxylic acids is 1. The van der Waals surface area contributed by atoms with Crippen LogP contribution in [-0.4, -0.2) is 31.2 Å². The number of hydrogen-bond donors (Lipinski definition) is 2. The molecule has 1 heterocycles. The van der Waals surface area contributed by atoms with Gasteiger partial charge in [0, 0.05) is 18.6 Å². The van der Waals surface area contributed by atoms with Crippen LogP contribution in [0.25, 0.3) is 0 Å². The van der Waals surface area contributed by atoms with E-state index in [1.54, 1.807) is 0 Å². The van der Waals surface area contributed by atoms with E-state index in [2.05, 4.69) is 12.2 Å². The van der Waals surface area contributed by atoms with E-state index in [0.29, 0.717) is 18.6 Å². The first-order valence-electron chi connectivity index (χ1n) is 7.32. The predicted octanol–water partition coefficient (Wildman–Crippen LogP) is 1.86. The lowest BCUT2D eigenvalue weighted by Gasteiger charge is -2.22. The maximum atomic E-state index is 12.2. The number of hydrogen-bond acceptors (Lipinski definition) is 3. The zero-order chi connectivity index (χ0) is 13.0. The largest absolute Gasteiger partial charge is 0.378 e. The highest BCUT2D eigenvalue weighted by Gasteiger charge is 2.32. The van der Waals surface area contributed by atoms with Crippen molar-refractivity contribution in [2.24, 2.45) is 17.6 Å². The molecule has 1 aliphatic heterocycles. The van der Waals surface area contributed by atoms with E-state index in [0.717, 1.165) is 45.1 Å². The SMILES string of the molecule is CC(CC1CCCO1)NC(=O)[C@@H]1CCC[C@@H]1CN.Cl. The number of amides is 1. The van der Waals surface area contributed by atoms with Crippen molar-refractivity contribution in [3.05, 3.63) is 0 Å². The molecule has 19 heavy (non-hydrogen) atoms. The molecule has 1 aliphatic carbocycles. The molecule has 3 N–H and O–H groups in total. The van der Waals surface area contributed by atoms with Gasteiger partial charge in [0.05, 0.1) is 6.10 Å². The molecule has 2 aliphatic rings. The van der Waals surface area contributed by atoms with Crippen molar-refractivity contribution in [1.82, 2.24) is 5.32 Å². The predicted molar refractivity (Wildman–Crippen MR) is 78.3 cm³/mol. The average Bonchev–Trinajstić information content (AvgIpc) is 2.97. The van der Waals surface area contributed by atoms with Crippen molar-refractivity contribution in [3.8, 4) is 0 Å². The molecule has 2 unspecified atom stereocenters. The van der Waals surface area contributed by atoms with E-state index in [9.17, 15) is 4.79 Å². The molecule has 0 bridgehead atoms. The van der Waals surface area contributed by atoms with E-state index in [1.807, 2.05) is 0 Å². The van der Waals surface area contributed by atoms with E-state index in [-0.39, 0.29) is 30.3 Å². The van der Waals surface area contributed by atoms with Crippen molar-refractivity contribution in [1.29, 1.82) is 0 Å². The zero-order valence-corrected chi connectivity index (χ0v) is 12.6. The molecule has 112 valence electrons. The molecule has 0 aromatic carbocycles. The first kappa shape index (κ1) is 16.7. The van der Waals surface area contributed by atoms with Crippen LogP contribution in [0.5, 0.6) is 0 Å². The summed E-state index contributed by atoms with van der Waals surface area (Å²) in [4.78, 5) is 12.2. The van der Waals surface area contributed by atoms with Gasteiger partial charge in [-0.1, -0.05) is 6.42 Å². The molecule has 0 aromatic rings. The van der Waals surface area contributed by atoms with Gasteiger partial charge in [0.15, 0.2) is 0 Å². The topological polar surface area (TPSA) is 64.3 Å². The van der Waals surface area contributed by atoms with E-state index < -0.39 is 0 Å². The van der Waals surface area contributed by atoms with Gasteiger partial charge >= 0.3 is 0 Å².